The van der Waals surface area contributed by atoms with Gasteiger partial charge in [-0.15, -0.1) is 10.2 Å². The molecule has 2 saturated heterocycles. The summed E-state index contributed by atoms with van der Waals surface area (Å²) < 4.78 is 23.1. The smallest absolute Gasteiger partial charge is 0.229 e. The highest BCUT2D eigenvalue weighted by Crippen LogP contribution is 2.29. The first kappa shape index (κ1) is 19.0. The Morgan fingerprint density at radius 3 is 2.57 bits per heavy atom. The van der Waals surface area contributed by atoms with E-state index in [1.165, 1.54) is 16.2 Å². The van der Waals surface area contributed by atoms with Gasteiger partial charge in [-0.2, -0.15) is 0 Å². The lowest BCUT2D eigenvalue weighted by Gasteiger charge is -2.28. The molecule has 0 N–H and O–H groups in total. The largest absolute Gasteiger partial charge is 0.340 e. The zero-order valence-corrected chi connectivity index (χ0v) is 16.8. The van der Waals surface area contributed by atoms with Gasteiger partial charge in [-0.1, -0.05) is 41.7 Å². The van der Waals surface area contributed by atoms with Crippen LogP contribution in [0.5, 0.6) is 0 Å². The van der Waals surface area contributed by atoms with E-state index in [0.29, 0.717) is 11.6 Å². The molecule has 2 aliphatic heterocycles. The Labute approximate surface area is 167 Å². The minimum absolute atomic E-state index is 0.0115. The normalized spacial score (nSPS) is 21.9. The number of sulfone groups is 1. The third-order valence-corrected chi connectivity index (χ3v) is 7.57. The van der Waals surface area contributed by atoms with E-state index in [1.807, 2.05) is 30.3 Å². The van der Waals surface area contributed by atoms with Gasteiger partial charge >= 0.3 is 0 Å². The van der Waals surface area contributed by atoms with E-state index < -0.39 is 15.8 Å². The van der Waals surface area contributed by atoms with Crippen LogP contribution < -0.4 is 4.90 Å². The molecule has 2 amide bonds. The number of benzene rings is 1. The average Bonchev–Trinajstić information content (AvgIpc) is 3.28. The maximum Gasteiger partial charge on any atom is 0.229 e. The van der Waals surface area contributed by atoms with Gasteiger partial charge in [0.2, 0.25) is 16.9 Å². The summed E-state index contributed by atoms with van der Waals surface area (Å²) in [5.41, 5.74) is 1.12. The minimum atomic E-state index is -3.05. The molecular weight excluding hydrogens is 400 g/mol. The standard InChI is InChI=1S/C18H20N4O4S2/c23-16-11-14(17(24)21-6-8-28(25,26)9-7-21)12-22(16)18-20-19-15(27-18)10-13-4-2-1-3-5-13/h1-5,14H,6-12H2. The highest BCUT2D eigenvalue weighted by Gasteiger charge is 2.39. The number of aromatic nitrogens is 2. The van der Waals surface area contributed by atoms with Gasteiger partial charge in [0, 0.05) is 32.5 Å². The molecule has 0 aliphatic carbocycles. The zero-order chi connectivity index (χ0) is 19.7. The van der Waals surface area contributed by atoms with Crippen LogP contribution in [0.4, 0.5) is 5.13 Å². The fourth-order valence-electron chi connectivity index (χ4n) is 3.44. The summed E-state index contributed by atoms with van der Waals surface area (Å²) in [6.07, 6.45) is 0.765. The first-order valence-corrected chi connectivity index (χ1v) is 11.7. The third-order valence-electron chi connectivity index (χ3n) is 5.02. The van der Waals surface area contributed by atoms with Crippen LogP contribution in [0.15, 0.2) is 30.3 Å². The molecule has 2 aliphatic rings. The molecule has 0 bridgehead atoms. The van der Waals surface area contributed by atoms with Crippen molar-refractivity contribution in [3.63, 3.8) is 0 Å². The summed E-state index contributed by atoms with van der Waals surface area (Å²) in [5, 5.41) is 9.64. The topological polar surface area (TPSA) is 101 Å². The van der Waals surface area contributed by atoms with Crippen molar-refractivity contribution in [2.45, 2.75) is 12.8 Å². The lowest BCUT2D eigenvalue weighted by Crippen LogP contribution is -2.46. The molecule has 10 heteroatoms. The molecule has 3 heterocycles. The maximum absolute atomic E-state index is 12.7. The SMILES string of the molecule is O=C(C1CC(=O)N(c2nnc(Cc3ccccc3)s2)C1)N1CCS(=O)(=O)CC1. The Morgan fingerprint density at radius 1 is 1.14 bits per heavy atom. The van der Waals surface area contributed by atoms with Crippen LogP contribution in [-0.4, -0.2) is 66.5 Å². The fourth-order valence-corrected chi connectivity index (χ4v) is 5.55. The van der Waals surface area contributed by atoms with E-state index >= 15 is 0 Å². The molecule has 1 atom stereocenters. The van der Waals surface area contributed by atoms with E-state index in [-0.39, 0.29) is 49.4 Å². The number of amides is 2. The predicted molar refractivity (Wildman–Crippen MR) is 105 cm³/mol. The summed E-state index contributed by atoms with van der Waals surface area (Å²) in [5.74, 6) is -0.787. The summed E-state index contributed by atoms with van der Waals surface area (Å²) in [4.78, 5) is 28.2. The molecule has 2 aromatic rings. The molecule has 4 rings (SSSR count). The van der Waals surface area contributed by atoms with Crippen LogP contribution in [0.25, 0.3) is 0 Å². The number of anilines is 1. The van der Waals surface area contributed by atoms with Gasteiger partial charge in [-0.25, -0.2) is 8.42 Å². The number of nitrogens with zero attached hydrogens (tertiary/aromatic N) is 4. The van der Waals surface area contributed by atoms with Crippen molar-refractivity contribution in [1.29, 1.82) is 0 Å². The van der Waals surface area contributed by atoms with Crippen LogP contribution in [0, 0.1) is 5.92 Å². The molecule has 28 heavy (non-hydrogen) atoms. The first-order valence-electron chi connectivity index (χ1n) is 9.07. The lowest BCUT2D eigenvalue weighted by atomic mass is 10.1. The second kappa shape index (κ2) is 7.59. The first-order chi connectivity index (χ1) is 13.4. The van der Waals surface area contributed by atoms with Crippen molar-refractivity contribution in [3.05, 3.63) is 40.9 Å². The van der Waals surface area contributed by atoms with Crippen molar-refractivity contribution in [3.8, 4) is 0 Å². The van der Waals surface area contributed by atoms with Gasteiger partial charge in [-0.3, -0.25) is 14.5 Å². The summed E-state index contributed by atoms with van der Waals surface area (Å²) in [7, 11) is -3.05. The van der Waals surface area contributed by atoms with Crippen LogP contribution in [0.1, 0.15) is 17.0 Å². The molecule has 1 aromatic carbocycles. The lowest BCUT2D eigenvalue weighted by molar-refractivity contribution is -0.135. The van der Waals surface area contributed by atoms with Gasteiger partial charge in [0.25, 0.3) is 0 Å². The molecule has 1 aromatic heterocycles. The van der Waals surface area contributed by atoms with Gasteiger partial charge in [0.05, 0.1) is 17.4 Å². The maximum atomic E-state index is 12.7. The number of carbonyl (C=O) groups excluding carboxylic acids is 2. The zero-order valence-electron chi connectivity index (χ0n) is 15.2. The number of hydrogen-bond acceptors (Lipinski definition) is 7. The van der Waals surface area contributed by atoms with Crippen molar-refractivity contribution in [2.24, 2.45) is 5.92 Å². The molecule has 0 radical (unpaired) electrons. The van der Waals surface area contributed by atoms with Crippen LogP contribution in [0.2, 0.25) is 0 Å². The monoisotopic (exact) mass is 420 g/mol. The van der Waals surface area contributed by atoms with E-state index in [9.17, 15) is 18.0 Å². The summed E-state index contributed by atoms with van der Waals surface area (Å²) >= 11 is 1.36. The molecular formula is C18H20N4O4S2. The van der Waals surface area contributed by atoms with Gasteiger partial charge < -0.3 is 4.90 Å². The Bertz CT molecular complexity index is 976. The number of carbonyl (C=O) groups is 2. The van der Waals surface area contributed by atoms with E-state index in [4.69, 9.17) is 0 Å². The van der Waals surface area contributed by atoms with Crippen LogP contribution >= 0.6 is 11.3 Å². The van der Waals surface area contributed by atoms with E-state index in [2.05, 4.69) is 10.2 Å². The summed E-state index contributed by atoms with van der Waals surface area (Å²) in [6, 6.07) is 9.89. The molecule has 148 valence electrons. The van der Waals surface area contributed by atoms with Crippen molar-refractivity contribution in [1.82, 2.24) is 15.1 Å². The van der Waals surface area contributed by atoms with Crippen LogP contribution in [0.3, 0.4) is 0 Å². The minimum Gasteiger partial charge on any atom is -0.340 e. The Morgan fingerprint density at radius 2 is 1.86 bits per heavy atom. The number of rotatable bonds is 4. The second-order valence-corrected chi connectivity index (χ2v) is 10.4. The second-order valence-electron chi connectivity index (χ2n) is 7.02. The highest BCUT2D eigenvalue weighted by atomic mass is 32.2. The Hall–Kier alpha value is -2.33. The Balaban J connectivity index is 1.40. The Kier molecular flexibility index (Phi) is 5.15. The molecule has 8 nitrogen and oxygen atoms in total. The van der Waals surface area contributed by atoms with Crippen molar-refractivity contribution < 1.29 is 18.0 Å². The quantitative estimate of drug-likeness (QED) is 0.723. The summed E-state index contributed by atoms with van der Waals surface area (Å²) in [6.45, 7) is 0.665. The van der Waals surface area contributed by atoms with Gasteiger partial charge in [0.15, 0.2) is 9.84 Å². The van der Waals surface area contributed by atoms with Crippen molar-refractivity contribution in [2.75, 3.05) is 36.0 Å². The highest BCUT2D eigenvalue weighted by molar-refractivity contribution is 7.91. The molecule has 2 fully saturated rings. The number of hydrogen-bond donors (Lipinski definition) is 0. The fraction of sp³-hybridized carbons (Fsp3) is 0.444. The predicted octanol–water partition coefficient (Wildman–Crippen LogP) is 0.739. The molecule has 0 saturated carbocycles. The van der Waals surface area contributed by atoms with Gasteiger partial charge in [-0.05, 0) is 5.56 Å². The molecule has 1 unspecified atom stereocenters. The van der Waals surface area contributed by atoms with Gasteiger partial charge in [0.1, 0.15) is 5.01 Å². The van der Waals surface area contributed by atoms with Crippen LogP contribution in [-0.2, 0) is 25.8 Å². The van der Waals surface area contributed by atoms with E-state index in [1.54, 1.807) is 4.90 Å². The third kappa shape index (κ3) is 4.07. The average molecular weight is 421 g/mol. The van der Waals surface area contributed by atoms with Crippen molar-refractivity contribution >= 4 is 38.1 Å². The molecule has 0 spiro atoms. The van der Waals surface area contributed by atoms with E-state index in [0.717, 1.165) is 10.6 Å².